The first-order valence-corrected chi connectivity index (χ1v) is 4.40. The highest BCUT2D eigenvalue weighted by molar-refractivity contribution is 4.88. The van der Waals surface area contributed by atoms with Crippen molar-refractivity contribution in [3.05, 3.63) is 0 Å². The van der Waals surface area contributed by atoms with Crippen molar-refractivity contribution in [2.45, 2.75) is 39.0 Å². The summed E-state index contributed by atoms with van der Waals surface area (Å²) in [6.45, 7) is 2.35. The summed E-state index contributed by atoms with van der Waals surface area (Å²) < 4.78 is 0. The monoisotopic (exact) mass is 124 g/mol. The Balaban J connectivity index is 2.01. The minimum absolute atomic E-state index is 1.13. The van der Waals surface area contributed by atoms with E-state index >= 15 is 0 Å². The van der Waals surface area contributed by atoms with E-state index < -0.39 is 0 Å². The van der Waals surface area contributed by atoms with E-state index in [1.807, 2.05) is 0 Å². The molecular formula is C9H16. The third kappa shape index (κ3) is 0.798. The van der Waals surface area contributed by atoms with Crippen LogP contribution < -0.4 is 0 Å². The van der Waals surface area contributed by atoms with E-state index in [2.05, 4.69) is 6.92 Å². The summed E-state index contributed by atoms with van der Waals surface area (Å²) in [6, 6.07) is 0. The van der Waals surface area contributed by atoms with Gasteiger partial charge in [0.1, 0.15) is 0 Å². The van der Waals surface area contributed by atoms with Crippen molar-refractivity contribution in [2.24, 2.45) is 17.8 Å². The Bertz CT molecular complexity index is 107. The van der Waals surface area contributed by atoms with Crippen LogP contribution in [0.1, 0.15) is 39.0 Å². The summed E-state index contributed by atoms with van der Waals surface area (Å²) >= 11 is 0. The van der Waals surface area contributed by atoms with E-state index in [1.54, 1.807) is 25.7 Å². The SMILES string of the molecule is CC[C@H]1C[C@H]2CC[C@@H]1C2. The topological polar surface area (TPSA) is 0 Å². The van der Waals surface area contributed by atoms with E-state index in [4.69, 9.17) is 0 Å². The molecule has 0 saturated heterocycles. The summed E-state index contributed by atoms with van der Waals surface area (Å²) in [7, 11) is 0. The third-order valence-corrected chi connectivity index (χ3v) is 3.41. The fourth-order valence-electron chi connectivity index (χ4n) is 2.88. The molecule has 2 bridgehead atoms. The normalized spacial score (nSPS) is 48.3. The predicted octanol–water partition coefficient (Wildman–Crippen LogP) is 2.83. The lowest BCUT2D eigenvalue weighted by Gasteiger charge is -2.18. The molecule has 52 valence electrons. The van der Waals surface area contributed by atoms with Gasteiger partial charge in [0, 0.05) is 0 Å². The molecule has 2 fully saturated rings. The van der Waals surface area contributed by atoms with Crippen molar-refractivity contribution in [1.29, 1.82) is 0 Å². The van der Waals surface area contributed by atoms with E-state index in [0.29, 0.717) is 0 Å². The molecule has 2 saturated carbocycles. The van der Waals surface area contributed by atoms with Crippen molar-refractivity contribution >= 4 is 0 Å². The standard InChI is InChI=1S/C9H16/c1-2-8-5-7-3-4-9(8)6-7/h7-9H,2-6H2,1H3/t7-,8+,9-/m1/s1. The summed E-state index contributed by atoms with van der Waals surface area (Å²) in [4.78, 5) is 0. The Morgan fingerprint density at radius 1 is 1.22 bits per heavy atom. The van der Waals surface area contributed by atoms with Crippen LogP contribution >= 0.6 is 0 Å². The average Bonchev–Trinajstić information content (AvgIpc) is 2.45. The van der Waals surface area contributed by atoms with Gasteiger partial charge in [0.25, 0.3) is 0 Å². The minimum Gasteiger partial charge on any atom is -0.0651 e. The molecule has 0 heterocycles. The quantitative estimate of drug-likeness (QED) is 0.504. The van der Waals surface area contributed by atoms with Crippen molar-refractivity contribution in [1.82, 2.24) is 0 Å². The molecule has 9 heavy (non-hydrogen) atoms. The predicted molar refractivity (Wildman–Crippen MR) is 39.2 cm³/mol. The van der Waals surface area contributed by atoms with Crippen molar-refractivity contribution < 1.29 is 0 Å². The Kier molecular flexibility index (Phi) is 1.28. The van der Waals surface area contributed by atoms with Crippen LogP contribution in [0, 0.1) is 17.8 Å². The summed E-state index contributed by atoms with van der Waals surface area (Å²) in [5.74, 6) is 3.43. The zero-order valence-electron chi connectivity index (χ0n) is 6.27. The molecular weight excluding hydrogens is 108 g/mol. The highest BCUT2D eigenvalue weighted by Crippen LogP contribution is 2.49. The highest BCUT2D eigenvalue weighted by atomic mass is 14.4. The molecule has 0 amide bonds. The molecule has 0 N–H and O–H groups in total. The molecule has 0 nitrogen and oxygen atoms in total. The number of rotatable bonds is 1. The van der Waals surface area contributed by atoms with E-state index in [0.717, 1.165) is 17.8 Å². The first-order chi connectivity index (χ1) is 4.40. The minimum atomic E-state index is 1.13. The van der Waals surface area contributed by atoms with Crippen LogP contribution in [-0.2, 0) is 0 Å². The maximum absolute atomic E-state index is 2.35. The summed E-state index contributed by atoms with van der Waals surface area (Å²) in [6.07, 6.45) is 7.71. The summed E-state index contributed by atoms with van der Waals surface area (Å²) in [5.41, 5.74) is 0. The van der Waals surface area contributed by atoms with Gasteiger partial charge in [-0.25, -0.2) is 0 Å². The van der Waals surface area contributed by atoms with Crippen molar-refractivity contribution in [3.63, 3.8) is 0 Å². The zero-order chi connectivity index (χ0) is 6.27. The third-order valence-electron chi connectivity index (χ3n) is 3.41. The van der Waals surface area contributed by atoms with Gasteiger partial charge in [-0.05, 0) is 37.0 Å². The molecule has 2 aliphatic rings. The first-order valence-electron chi connectivity index (χ1n) is 4.40. The second-order valence-corrected chi connectivity index (χ2v) is 3.84. The number of hydrogen-bond acceptors (Lipinski definition) is 0. The van der Waals surface area contributed by atoms with Crippen LogP contribution in [0.3, 0.4) is 0 Å². The van der Waals surface area contributed by atoms with Gasteiger partial charge in [-0.15, -0.1) is 0 Å². The second-order valence-electron chi connectivity index (χ2n) is 3.84. The molecule has 0 radical (unpaired) electrons. The fraction of sp³-hybridized carbons (Fsp3) is 1.00. The number of hydrogen-bond donors (Lipinski definition) is 0. The molecule has 0 heteroatoms. The van der Waals surface area contributed by atoms with Crippen LogP contribution in [0.15, 0.2) is 0 Å². The van der Waals surface area contributed by atoms with Crippen LogP contribution in [0.25, 0.3) is 0 Å². The summed E-state index contributed by atoms with van der Waals surface area (Å²) in [5, 5.41) is 0. The Hall–Kier alpha value is 0. The van der Waals surface area contributed by atoms with E-state index in [9.17, 15) is 0 Å². The van der Waals surface area contributed by atoms with Gasteiger partial charge in [0.2, 0.25) is 0 Å². The molecule has 3 atom stereocenters. The van der Waals surface area contributed by atoms with Crippen LogP contribution in [0.4, 0.5) is 0 Å². The Morgan fingerprint density at radius 2 is 2.11 bits per heavy atom. The maximum Gasteiger partial charge on any atom is -0.0383 e. The largest absolute Gasteiger partial charge is 0.0651 e. The van der Waals surface area contributed by atoms with Gasteiger partial charge in [-0.1, -0.05) is 19.8 Å². The van der Waals surface area contributed by atoms with E-state index in [1.165, 1.54) is 6.42 Å². The van der Waals surface area contributed by atoms with Crippen molar-refractivity contribution in [2.75, 3.05) is 0 Å². The highest BCUT2D eigenvalue weighted by Gasteiger charge is 2.37. The zero-order valence-corrected chi connectivity index (χ0v) is 6.27. The average molecular weight is 124 g/mol. The van der Waals surface area contributed by atoms with Gasteiger partial charge in [-0.2, -0.15) is 0 Å². The van der Waals surface area contributed by atoms with Crippen molar-refractivity contribution in [3.8, 4) is 0 Å². The molecule has 0 aromatic heterocycles. The smallest absolute Gasteiger partial charge is 0.0383 e. The molecule has 2 rings (SSSR count). The van der Waals surface area contributed by atoms with Crippen LogP contribution in [0.5, 0.6) is 0 Å². The first kappa shape index (κ1) is 5.76. The van der Waals surface area contributed by atoms with Crippen LogP contribution in [-0.4, -0.2) is 0 Å². The van der Waals surface area contributed by atoms with Gasteiger partial charge < -0.3 is 0 Å². The van der Waals surface area contributed by atoms with Crippen LogP contribution in [0.2, 0.25) is 0 Å². The van der Waals surface area contributed by atoms with E-state index in [-0.39, 0.29) is 0 Å². The lowest BCUT2D eigenvalue weighted by molar-refractivity contribution is 0.324. The van der Waals surface area contributed by atoms with Gasteiger partial charge in [0.05, 0.1) is 0 Å². The molecule has 2 aliphatic carbocycles. The molecule has 0 aliphatic heterocycles. The Labute approximate surface area is 57.6 Å². The number of fused-ring (bicyclic) bond motifs is 2. The Morgan fingerprint density at radius 3 is 2.44 bits per heavy atom. The molecule has 0 aromatic rings. The fourth-order valence-corrected chi connectivity index (χ4v) is 2.88. The lowest BCUT2D eigenvalue weighted by atomic mass is 9.87. The maximum atomic E-state index is 2.35. The second kappa shape index (κ2) is 2.00. The lowest BCUT2D eigenvalue weighted by Crippen LogP contribution is -2.08. The van der Waals surface area contributed by atoms with Gasteiger partial charge >= 0.3 is 0 Å². The molecule has 0 spiro atoms. The molecule has 0 aromatic carbocycles. The van der Waals surface area contributed by atoms with Gasteiger partial charge in [-0.3, -0.25) is 0 Å². The van der Waals surface area contributed by atoms with Gasteiger partial charge in [0.15, 0.2) is 0 Å². The molecule has 0 unspecified atom stereocenters.